The second-order valence-corrected chi connectivity index (χ2v) is 3.90. The van der Waals surface area contributed by atoms with Gasteiger partial charge in [-0.05, 0) is 29.5 Å². The van der Waals surface area contributed by atoms with E-state index in [0.29, 0.717) is 0 Å². The highest BCUT2D eigenvalue weighted by atomic mass is 16.5. The minimum absolute atomic E-state index is 0.211. The number of hydrogen-bond acceptors (Lipinski definition) is 2. The Morgan fingerprint density at radius 3 is 2.87 bits per heavy atom. The molecule has 2 heteroatoms. The lowest BCUT2D eigenvalue weighted by molar-refractivity contribution is -0.136. The summed E-state index contributed by atoms with van der Waals surface area (Å²) in [5.74, 6) is 0.0318. The molecule has 2 nitrogen and oxygen atoms in total. The van der Waals surface area contributed by atoms with Gasteiger partial charge in [-0.3, -0.25) is 0 Å². The summed E-state index contributed by atoms with van der Waals surface area (Å²) in [6, 6.07) is 8.16. The van der Waals surface area contributed by atoms with Gasteiger partial charge in [-0.1, -0.05) is 31.2 Å². The zero-order valence-electron chi connectivity index (χ0n) is 8.99. The maximum Gasteiger partial charge on any atom is 0.334 e. The van der Waals surface area contributed by atoms with Gasteiger partial charge in [0.25, 0.3) is 0 Å². The maximum absolute atomic E-state index is 11.5. The summed E-state index contributed by atoms with van der Waals surface area (Å²) in [5.41, 5.74) is 3.21. The molecule has 0 saturated carbocycles. The van der Waals surface area contributed by atoms with Crippen LogP contribution in [0.25, 0.3) is 6.08 Å². The molecule has 1 aromatic rings. The first kappa shape index (κ1) is 9.97. The highest BCUT2D eigenvalue weighted by Crippen LogP contribution is 2.28. The van der Waals surface area contributed by atoms with E-state index in [2.05, 4.69) is 13.0 Å². The molecule has 0 aliphatic heterocycles. The zero-order chi connectivity index (χ0) is 10.8. The number of hydrogen-bond donors (Lipinski definition) is 0. The Balaban J connectivity index is 2.43. The number of methoxy groups -OCH3 is 1. The predicted octanol–water partition coefficient (Wildman–Crippen LogP) is 2.44. The van der Waals surface area contributed by atoms with Crippen LogP contribution in [-0.4, -0.2) is 13.1 Å². The molecule has 1 aliphatic carbocycles. The van der Waals surface area contributed by atoms with Gasteiger partial charge in [-0.15, -0.1) is 0 Å². The van der Waals surface area contributed by atoms with E-state index >= 15 is 0 Å². The van der Waals surface area contributed by atoms with E-state index in [-0.39, 0.29) is 11.9 Å². The molecule has 0 N–H and O–H groups in total. The summed E-state index contributed by atoms with van der Waals surface area (Å²) in [6.45, 7) is 2.05. The van der Waals surface area contributed by atoms with Crippen LogP contribution in [0.2, 0.25) is 0 Å². The molecule has 0 radical (unpaired) electrons. The fourth-order valence-electron chi connectivity index (χ4n) is 1.99. The number of carbonyl (C=O) groups excluding carboxylic acids is 1. The number of carbonyl (C=O) groups is 1. The number of rotatable bonds is 1. The highest BCUT2D eigenvalue weighted by molar-refractivity contribution is 5.95. The molecule has 1 unspecified atom stereocenters. The molecule has 0 bridgehead atoms. The lowest BCUT2D eigenvalue weighted by atomic mass is 9.85. The average Bonchev–Trinajstić information content (AvgIpc) is 2.27. The van der Waals surface area contributed by atoms with Crippen molar-refractivity contribution in [2.45, 2.75) is 13.3 Å². The zero-order valence-corrected chi connectivity index (χ0v) is 8.99. The van der Waals surface area contributed by atoms with Gasteiger partial charge in [-0.25, -0.2) is 4.79 Å². The van der Waals surface area contributed by atoms with E-state index in [4.69, 9.17) is 4.74 Å². The maximum atomic E-state index is 11.5. The van der Waals surface area contributed by atoms with E-state index < -0.39 is 0 Å². The Morgan fingerprint density at radius 1 is 1.40 bits per heavy atom. The first-order chi connectivity index (χ1) is 7.22. The molecule has 78 valence electrons. The molecule has 1 aliphatic rings. The highest BCUT2D eigenvalue weighted by Gasteiger charge is 2.22. The van der Waals surface area contributed by atoms with Crippen molar-refractivity contribution in [3.05, 3.63) is 41.0 Å². The topological polar surface area (TPSA) is 26.3 Å². The van der Waals surface area contributed by atoms with Gasteiger partial charge in [0, 0.05) is 5.57 Å². The number of esters is 1. The van der Waals surface area contributed by atoms with E-state index in [1.54, 1.807) is 0 Å². The Bertz CT molecular complexity index is 418. The third-order valence-electron chi connectivity index (χ3n) is 2.84. The average molecular weight is 202 g/mol. The minimum atomic E-state index is -0.211. The minimum Gasteiger partial charge on any atom is -0.466 e. The summed E-state index contributed by atoms with van der Waals surface area (Å²) in [4.78, 5) is 11.5. The van der Waals surface area contributed by atoms with Crippen LogP contribution in [0.3, 0.4) is 0 Å². The van der Waals surface area contributed by atoms with Crippen LogP contribution < -0.4 is 0 Å². The molecule has 1 aromatic carbocycles. The van der Waals surface area contributed by atoms with Crippen LogP contribution in [0.4, 0.5) is 0 Å². The Hall–Kier alpha value is -1.57. The SMILES string of the molecule is COC(=O)C1=Cc2ccccc2CC1C. The Labute approximate surface area is 89.6 Å². The van der Waals surface area contributed by atoms with E-state index in [0.717, 1.165) is 17.6 Å². The summed E-state index contributed by atoms with van der Waals surface area (Å²) < 4.78 is 4.77. The summed E-state index contributed by atoms with van der Waals surface area (Å²) in [7, 11) is 1.43. The van der Waals surface area contributed by atoms with Crippen molar-refractivity contribution in [2.24, 2.45) is 5.92 Å². The molecular formula is C13H14O2. The number of fused-ring (bicyclic) bond motifs is 1. The molecule has 15 heavy (non-hydrogen) atoms. The fraction of sp³-hybridized carbons (Fsp3) is 0.308. The molecule has 0 amide bonds. The van der Waals surface area contributed by atoms with Crippen LogP contribution in [0.1, 0.15) is 18.1 Å². The summed E-state index contributed by atoms with van der Waals surface area (Å²) in [6.07, 6.45) is 2.85. The van der Waals surface area contributed by atoms with Crippen molar-refractivity contribution in [1.82, 2.24) is 0 Å². The molecule has 0 spiro atoms. The van der Waals surface area contributed by atoms with E-state index in [9.17, 15) is 4.79 Å². The molecule has 2 rings (SSSR count). The molecule has 0 aromatic heterocycles. The first-order valence-corrected chi connectivity index (χ1v) is 5.10. The summed E-state index contributed by atoms with van der Waals surface area (Å²) in [5, 5.41) is 0. The van der Waals surface area contributed by atoms with Gasteiger partial charge in [0.05, 0.1) is 7.11 Å². The molecule has 0 heterocycles. The lowest BCUT2D eigenvalue weighted by Gasteiger charge is -2.21. The number of benzene rings is 1. The Morgan fingerprint density at radius 2 is 2.13 bits per heavy atom. The smallest absolute Gasteiger partial charge is 0.334 e. The second-order valence-electron chi connectivity index (χ2n) is 3.90. The van der Waals surface area contributed by atoms with Crippen molar-refractivity contribution in [3.8, 4) is 0 Å². The summed E-state index contributed by atoms with van der Waals surface area (Å²) >= 11 is 0. The van der Waals surface area contributed by atoms with Gasteiger partial charge in [-0.2, -0.15) is 0 Å². The van der Waals surface area contributed by atoms with Crippen molar-refractivity contribution >= 4 is 12.0 Å². The quantitative estimate of drug-likeness (QED) is 0.654. The number of ether oxygens (including phenoxy) is 1. The standard InChI is InChI=1S/C13H14O2/c1-9-7-10-5-3-4-6-11(10)8-12(9)13(14)15-2/h3-6,8-9H,7H2,1-2H3. The molecule has 0 saturated heterocycles. The van der Waals surface area contributed by atoms with E-state index in [1.165, 1.54) is 12.7 Å². The van der Waals surface area contributed by atoms with Gasteiger partial charge in [0.2, 0.25) is 0 Å². The van der Waals surface area contributed by atoms with Crippen LogP contribution in [-0.2, 0) is 16.0 Å². The van der Waals surface area contributed by atoms with Gasteiger partial charge >= 0.3 is 5.97 Å². The van der Waals surface area contributed by atoms with Crippen LogP contribution in [0.15, 0.2) is 29.8 Å². The fourth-order valence-corrected chi connectivity index (χ4v) is 1.99. The third kappa shape index (κ3) is 1.80. The van der Waals surface area contributed by atoms with Gasteiger partial charge in [0.15, 0.2) is 0 Å². The van der Waals surface area contributed by atoms with Crippen molar-refractivity contribution in [2.75, 3.05) is 7.11 Å². The van der Waals surface area contributed by atoms with Gasteiger partial charge < -0.3 is 4.74 Å². The molecular weight excluding hydrogens is 188 g/mol. The van der Waals surface area contributed by atoms with Crippen LogP contribution in [0.5, 0.6) is 0 Å². The van der Waals surface area contributed by atoms with Gasteiger partial charge in [0.1, 0.15) is 0 Å². The second kappa shape index (κ2) is 3.89. The predicted molar refractivity (Wildman–Crippen MR) is 59.3 cm³/mol. The lowest BCUT2D eigenvalue weighted by Crippen LogP contribution is -2.17. The van der Waals surface area contributed by atoms with Crippen LogP contribution in [0, 0.1) is 5.92 Å². The van der Waals surface area contributed by atoms with Crippen molar-refractivity contribution in [3.63, 3.8) is 0 Å². The normalized spacial score (nSPS) is 19.1. The van der Waals surface area contributed by atoms with Crippen LogP contribution >= 0.6 is 0 Å². The third-order valence-corrected chi connectivity index (χ3v) is 2.84. The van der Waals surface area contributed by atoms with E-state index in [1.807, 2.05) is 24.3 Å². The molecule has 0 fully saturated rings. The first-order valence-electron chi connectivity index (χ1n) is 5.10. The van der Waals surface area contributed by atoms with Crippen molar-refractivity contribution in [1.29, 1.82) is 0 Å². The molecule has 1 atom stereocenters. The monoisotopic (exact) mass is 202 g/mol. The van der Waals surface area contributed by atoms with Crippen molar-refractivity contribution < 1.29 is 9.53 Å². The Kier molecular flexibility index (Phi) is 2.58. The largest absolute Gasteiger partial charge is 0.466 e.